The zero-order valence-electron chi connectivity index (χ0n) is 17.8. The molecule has 2 aliphatic rings. The molecule has 0 radical (unpaired) electrons. The average Bonchev–Trinajstić information content (AvgIpc) is 3.42. The number of rotatable bonds is 5. The van der Waals surface area contributed by atoms with Crippen molar-refractivity contribution in [1.82, 2.24) is 4.90 Å². The Labute approximate surface area is 186 Å². The number of aryl methyl sites for hydroxylation is 1. The summed E-state index contributed by atoms with van der Waals surface area (Å²) in [5, 5.41) is 2.11. The molecule has 0 aliphatic carbocycles. The molecular formula is C26H25NO3S. The number of ether oxygens (including phenoxy) is 2. The van der Waals surface area contributed by atoms with E-state index in [-0.39, 0.29) is 5.78 Å². The van der Waals surface area contributed by atoms with Gasteiger partial charge >= 0.3 is 0 Å². The lowest BCUT2D eigenvalue weighted by molar-refractivity contribution is 0.0956. The van der Waals surface area contributed by atoms with Crippen molar-refractivity contribution < 1.29 is 14.3 Å². The number of carbonyl (C=O) groups excluding carboxylic acids is 1. The smallest absolute Gasteiger partial charge is 0.231 e. The van der Waals surface area contributed by atoms with Gasteiger partial charge in [0.15, 0.2) is 5.76 Å². The molecule has 2 aliphatic heterocycles. The first-order chi connectivity index (χ1) is 15.1. The third-order valence-electron chi connectivity index (χ3n) is 5.94. The van der Waals surface area contributed by atoms with Crippen molar-refractivity contribution in [2.24, 2.45) is 0 Å². The molecule has 0 N–H and O–H groups in total. The van der Waals surface area contributed by atoms with Crippen LogP contribution in [-0.2, 0) is 19.4 Å². The van der Waals surface area contributed by atoms with Gasteiger partial charge in [-0.05, 0) is 54.5 Å². The summed E-state index contributed by atoms with van der Waals surface area (Å²) in [6.45, 7) is 6.37. The van der Waals surface area contributed by atoms with E-state index in [9.17, 15) is 4.79 Å². The Morgan fingerprint density at radius 3 is 2.74 bits per heavy atom. The van der Waals surface area contributed by atoms with Crippen LogP contribution >= 0.6 is 11.3 Å². The molecule has 3 heterocycles. The van der Waals surface area contributed by atoms with Crippen LogP contribution in [0.15, 0.2) is 53.6 Å². The highest BCUT2D eigenvalue weighted by Crippen LogP contribution is 2.43. The topological polar surface area (TPSA) is 38.8 Å². The van der Waals surface area contributed by atoms with E-state index in [1.807, 2.05) is 31.2 Å². The molecule has 5 rings (SSSR count). The SMILES string of the molecule is CCc1ccc(/C=C2\Oc3c(cc4c(c3C)OCN(CCc3cccs3)C4)C2=O)cc1. The second kappa shape index (κ2) is 8.33. The van der Waals surface area contributed by atoms with Crippen LogP contribution in [0.3, 0.4) is 0 Å². The highest BCUT2D eigenvalue weighted by atomic mass is 32.1. The van der Waals surface area contributed by atoms with Crippen molar-refractivity contribution in [1.29, 1.82) is 0 Å². The second-order valence-electron chi connectivity index (χ2n) is 8.06. The highest BCUT2D eigenvalue weighted by molar-refractivity contribution is 7.09. The number of nitrogens with zero attached hydrogens (tertiary/aromatic N) is 1. The molecule has 0 saturated heterocycles. The number of benzene rings is 2. The largest absolute Gasteiger partial charge is 0.477 e. The van der Waals surface area contributed by atoms with Gasteiger partial charge in [-0.3, -0.25) is 9.69 Å². The van der Waals surface area contributed by atoms with E-state index in [2.05, 4.69) is 41.5 Å². The van der Waals surface area contributed by atoms with Crippen molar-refractivity contribution in [2.75, 3.05) is 13.3 Å². The Bertz CT molecular complexity index is 1150. The first-order valence-electron chi connectivity index (χ1n) is 10.7. The second-order valence-corrected chi connectivity index (χ2v) is 9.09. The van der Waals surface area contributed by atoms with E-state index in [1.54, 1.807) is 11.3 Å². The molecule has 0 spiro atoms. The fourth-order valence-electron chi connectivity index (χ4n) is 4.16. The van der Waals surface area contributed by atoms with E-state index in [0.29, 0.717) is 23.8 Å². The highest BCUT2D eigenvalue weighted by Gasteiger charge is 2.33. The predicted octanol–water partition coefficient (Wildman–Crippen LogP) is 5.63. The van der Waals surface area contributed by atoms with E-state index >= 15 is 0 Å². The van der Waals surface area contributed by atoms with Crippen LogP contribution in [0.4, 0.5) is 0 Å². The lowest BCUT2D eigenvalue weighted by Crippen LogP contribution is -2.34. The van der Waals surface area contributed by atoms with Gasteiger partial charge in [0.1, 0.15) is 18.2 Å². The lowest BCUT2D eigenvalue weighted by Gasteiger charge is -2.30. The van der Waals surface area contributed by atoms with Gasteiger partial charge in [-0.2, -0.15) is 0 Å². The average molecular weight is 432 g/mol. The molecule has 2 aromatic carbocycles. The summed E-state index contributed by atoms with van der Waals surface area (Å²) in [5.41, 5.74) is 4.83. The van der Waals surface area contributed by atoms with Crippen molar-refractivity contribution in [3.63, 3.8) is 0 Å². The molecule has 1 aromatic heterocycles. The molecule has 5 heteroatoms. The van der Waals surface area contributed by atoms with Crippen molar-refractivity contribution >= 4 is 23.2 Å². The zero-order chi connectivity index (χ0) is 21.4. The standard InChI is InChI=1S/C26H25NO3S/c1-3-18-6-8-19(9-7-18)13-23-24(28)22-14-20-15-27(11-10-21-5-4-12-31-21)16-29-25(20)17(2)26(22)30-23/h4-9,12-14H,3,10-11,15-16H2,1-2H3/b23-13-. The Hall–Kier alpha value is -2.89. The molecule has 0 fully saturated rings. The lowest BCUT2D eigenvalue weighted by atomic mass is 10.00. The van der Waals surface area contributed by atoms with Crippen LogP contribution in [0, 0.1) is 6.92 Å². The third-order valence-corrected chi connectivity index (χ3v) is 6.88. The van der Waals surface area contributed by atoms with Crippen LogP contribution in [0.25, 0.3) is 6.08 Å². The molecule has 0 amide bonds. The summed E-state index contributed by atoms with van der Waals surface area (Å²) in [5.74, 6) is 1.80. The number of allylic oxidation sites excluding steroid dienone is 1. The number of thiophene rings is 1. The van der Waals surface area contributed by atoms with Crippen molar-refractivity contribution in [3.05, 3.63) is 86.3 Å². The van der Waals surface area contributed by atoms with Gasteiger partial charge < -0.3 is 9.47 Å². The number of ketones is 1. The third kappa shape index (κ3) is 3.91. The van der Waals surface area contributed by atoms with Crippen LogP contribution in [0.5, 0.6) is 11.5 Å². The van der Waals surface area contributed by atoms with Gasteiger partial charge in [-0.15, -0.1) is 11.3 Å². The molecule has 0 unspecified atom stereocenters. The first-order valence-corrected chi connectivity index (χ1v) is 11.6. The summed E-state index contributed by atoms with van der Waals surface area (Å²) in [4.78, 5) is 16.7. The molecule has 4 nitrogen and oxygen atoms in total. The zero-order valence-corrected chi connectivity index (χ0v) is 18.6. The van der Waals surface area contributed by atoms with Gasteiger partial charge in [-0.25, -0.2) is 0 Å². The van der Waals surface area contributed by atoms with Gasteiger partial charge in [-0.1, -0.05) is 37.3 Å². The number of Topliss-reactive ketones (excluding diaryl/α,β-unsaturated/α-hetero) is 1. The Morgan fingerprint density at radius 2 is 2.00 bits per heavy atom. The van der Waals surface area contributed by atoms with E-state index in [1.165, 1.54) is 10.4 Å². The van der Waals surface area contributed by atoms with Crippen molar-refractivity contribution in [3.8, 4) is 11.5 Å². The number of hydrogen-bond acceptors (Lipinski definition) is 5. The van der Waals surface area contributed by atoms with Crippen LogP contribution < -0.4 is 9.47 Å². The number of carbonyl (C=O) groups is 1. The maximum atomic E-state index is 13.1. The van der Waals surface area contributed by atoms with E-state index < -0.39 is 0 Å². The maximum Gasteiger partial charge on any atom is 0.231 e. The van der Waals surface area contributed by atoms with Crippen molar-refractivity contribution in [2.45, 2.75) is 33.2 Å². The number of fused-ring (bicyclic) bond motifs is 2. The number of hydrogen-bond donors (Lipinski definition) is 0. The first kappa shape index (κ1) is 20.0. The molecule has 0 bridgehead atoms. The minimum Gasteiger partial charge on any atom is -0.477 e. The maximum absolute atomic E-state index is 13.1. The predicted molar refractivity (Wildman–Crippen MR) is 124 cm³/mol. The minimum absolute atomic E-state index is 0.0591. The molecule has 3 aromatic rings. The monoisotopic (exact) mass is 431 g/mol. The summed E-state index contributed by atoms with van der Waals surface area (Å²) < 4.78 is 12.1. The molecular weight excluding hydrogens is 406 g/mol. The van der Waals surface area contributed by atoms with E-state index in [4.69, 9.17) is 9.47 Å². The van der Waals surface area contributed by atoms with Crippen LogP contribution in [0.1, 0.15) is 44.4 Å². The fraction of sp³-hybridized carbons (Fsp3) is 0.269. The molecule has 158 valence electrons. The van der Waals surface area contributed by atoms with Gasteiger partial charge in [0.2, 0.25) is 5.78 Å². The summed E-state index contributed by atoms with van der Waals surface area (Å²) in [7, 11) is 0. The molecule has 0 atom stereocenters. The normalized spacial score (nSPS) is 16.7. The van der Waals surface area contributed by atoms with Crippen LogP contribution in [0.2, 0.25) is 0 Å². The van der Waals surface area contributed by atoms with Gasteiger partial charge in [0, 0.05) is 29.1 Å². The fourth-order valence-corrected chi connectivity index (χ4v) is 4.86. The quantitative estimate of drug-likeness (QED) is 0.491. The molecule has 31 heavy (non-hydrogen) atoms. The van der Waals surface area contributed by atoms with Gasteiger partial charge in [0.05, 0.1) is 5.56 Å². The minimum atomic E-state index is -0.0591. The van der Waals surface area contributed by atoms with Gasteiger partial charge in [0.25, 0.3) is 0 Å². The summed E-state index contributed by atoms with van der Waals surface area (Å²) >= 11 is 1.78. The van der Waals surface area contributed by atoms with E-state index in [0.717, 1.165) is 48.4 Å². The Kier molecular flexibility index (Phi) is 5.38. The Morgan fingerprint density at radius 1 is 1.16 bits per heavy atom. The summed E-state index contributed by atoms with van der Waals surface area (Å²) in [6.07, 6.45) is 3.83. The van der Waals surface area contributed by atoms with Crippen LogP contribution in [-0.4, -0.2) is 24.0 Å². The molecule has 0 saturated carbocycles. The Balaban J connectivity index is 1.37. The summed E-state index contributed by atoms with van der Waals surface area (Å²) in [6, 6.07) is 14.4.